The number of halogens is 1. The van der Waals surface area contributed by atoms with Gasteiger partial charge in [-0.2, -0.15) is 0 Å². The summed E-state index contributed by atoms with van der Waals surface area (Å²) in [6, 6.07) is 7.50. The summed E-state index contributed by atoms with van der Waals surface area (Å²) in [6.45, 7) is 2.18. The van der Waals surface area contributed by atoms with Gasteiger partial charge in [0.25, 0.3) is 5.91 Å². The molecule has 1 N–H and O–H groups in total. The van der Waals surface area contributed by atoms with Crippen LogP contribution in [-0.2, 0) is 6.54 Å². The maximum atomic E-state index is 14.2. The summed E-state index contributed by atoms with van der Waals surface area (Å²) < 4.78 is 14.2. The minimum absolute atomic E-state index is 0.0601. The topological polar surface area (TPSA) is 32.3 Å². The molecule has 0 bridgehead atoms. The number of hydrogen-bond donors (Lipinski definition) is 1. The van der Waals surface area contributed by atoms with Gasteiger partial charge in [0, 0.05) is 18.7 Å². The van der Waals surface area contributed by atoms with Gasteiger partial charge >= 0.3 is 0 Å². The first-order chi connectivity index (χ1) is 9.25. The van der Waals surface area contributed by atoms with E-state index in [1.165, 1.54) is 0 Å². The summed E-state index contributed by atoms with van der Waals surface area (Å²) in [6.07, 6.45) is 1.77. The second-order valence-electron chi connectivity index (χ2n) is 5.11. The van der Waals surface area contributed by atoms with Crippen LogP contribution in [0.3, 0.4) is 0 Å². The Hall–Kier alpha value is -1.68. The molecule has 2 heterocycles. The van der Waals surface area contributed by atoms with Crippen molar-refractivity contribution in [2.24, 2.45) is 0 Å². The van der Waals surface area contributed by atoms with E-state index in [2.05, 4.69) is 5.32 Å². The molecule has 1 aromatic rings. The molecule has 4 heteroatoms. The summed E-state index contributed by atoms with van der Waals surface area (Å²) in [7, 11) is 0. The molecule has 0 spiro atoms. The number of benzene rings is 1. The monoisotopic (exact) mass is 260 g/mol. The highest BCUT2D eigenvalue weighted by molar-refractivity contribution is 5.98. The van der Waals surface area contributed by atoms with E-state index in [9.17, 15) is 9.18 Å². The molecule has 19 heavy (non-hydrogen) atoms. The van der Waals surface area contributed by atoms with Gasteiger partial charge < -0.3 is 10.2 Å². The van der Waals surface area contributed by atoms with Crippen molar-refractivity contribution in [3.05, 3.63) is 46.8 Å². The van der Waals surface area contributed by atoms with Crippen LogP contribution in [0.15, 0.2) is 35.7 Å². The van der Waals surface area contributed by atoms with E-state index in [-0.39, 0.29) is 18.3 Å². The fourth-order valence-electron chi connectivity index (χ4n) is 2.71. The number of fused-ring (bicyclic) bond motifs is 1. The van der Waals surface area contributed by atoms with Crippen LogP contribution in [-0.4, -0.2) is 30.4 Å². The SMILES string of the molecule is O=C1c2ccccc2CN1C/C(F)=C1/CCCNC1. The Morgan fingerprint density at radius 1 is 1.37 bits per heavy atom. The molecule has 0 aliphatic carbocycles. The Bertz CT molecular complexity index is 531. The van der Waals surface area contributed by atoms with E-state index < -0.39 is 0 Å². The molecule has 2 aliphatic rings. The van der Waals surface area contributed by atoms with Crippen molar-refractivity contribution in [2.45, 2.75) is 19.4 Å². The van der Waals surface area contributed by atoms with Crippen molar-refractivity contribution in [3.8, 4) is 0 Å². The predicted octanol–water partition coefficient (Wildman–Crippen LogP) is 2.25. The molecule has 3 nitrogen and oxygen atoms in total. The average Bonchev–Trinajstić information content (AvgIpc) is 2.77. The molecule has 0 unspecified atom stereocenters. The Morgan fingerprint density at radius 2 is 2.21 bits per heavy atom. The van der Waals surface area contributed by atoms with Crippen LogP contribution < -0.4 is 5.32 Å². The van der Waals surface area contributed by atoms with Gasteiger partial charge in [-0.1, -0.05) is 18.2 Å². The van der Waals surface area contributed by atoms with Gasteiger partial charge in [0.05, 0.1) is 6.54 Å². The smallest absolute Gasteiger partial charge is 0.254 e. The fourth-order valence-corrected chi connectivity index (χ4v) is 2.71. The van der Waals surface area contributed by atoms with Gasteiger partial charge in [0.1, 0.15) is 5.83 Å². The maximum absolute atomic E-state index is 14.2. The largest absolute Gasteiger partial charge is 0.328 e. The lowest BCUT2D eigenvalue weighted by atomic mass is 10.1. The van der Waals surface area contributed by atoms with Crippen LogP contribution in [0.2, 0.25) is 0 Å². The average molecular weight is 260 g/mol. The first-order valence-corrected chi connectivity index (χ1v) is 6.70. The molecule has 100 valence electrons. The van der Waals surface area contributed by atoms with Crippen molar-refractivity contribution in [1.29, 1.82) is 0 Å². The Balaban J connectivity index is 1.74. The zero-order valence-electron chi connectivity index (χ0n) is 10.8. The van der Waals surface area contributed by atoms with E-state index in [0.717, 1.165) is 30.5 Å². The highest BCUT2D eigenvalue weighted by Crippen LogP contribution is 2.25. The molecule has 0 radical (unpaired) electrons. The second-order valence-corrected chi connectivity index (χ2v) is 5.11. The summed E-state index contributed by atoms with van der Waals surface area (Å²) >= 11 is 0. The third-order valence-electron chi connectivity index (χ3n) is 3.78. The molecular formula is C15H17FN2O. The van der Waals surface area contributed by atoms with E-state index >= 15 is 0 Å². The zero-order valence-corrected chi connectivity index (χ0v) is 10.8. The third kappa shape index (κ3) is 2.40. The Morgan fingerprint density at radius 3 is 2.95 bits per heavy atom. The van der Waals surface area contributed by atoms with Gasteiger partial charge in [0.2, 0.25) is 0 Å². The van der Waals surface area contributed by atoms with Crippen LogP contribution in [0.4, 0.5) is 4.39 Å². The molecule has 2 aliphatic heterocycles. The summed E-state index contributed by atoms with van der Waals surface area (Å²) in [5.74, 6) is -0.205. The van der Waals surface area contributed by atoms with Gasteiger partial charge in [-0.15, -0.1) is 0 Å². The molecule has 1 amide bonds. The molecule has 1 aromatic carbocycles. The van der Waals surface area contributed by atoms with Gasteiger partial charge in [-0.05, 0) is 36.6 Å². The van der Waals surface area contributed by atoms with E-state index in [4.69, 9.17) is 0 Å². The van der Waals surface area contributed by atoms with Crippen molar-refractivity contribution in [2.75, 3.05) is 19.6 Å². The molecule has 1 saturated heterocycles. The Labute approximate surface area is 112 Å². The van der Waals surface area contributed by atoms with Crippen LogP contribution in [0, 0.1) is 0 Å². The Kier molecular flexibility index (Phi) is 3.34. The van der Waals surface area contributed by atoms with Gasteiger partial charge in [-0.25, -0.2) is 4.39 Å². The van der Waals surface area contributed by atoms with E-state index in [1.807, 2.05) is 24.3 Å². The molecule has 0 aromatic heterocycles. The minimum Gasteiger partial charge on any atom is -0.328 e. The normalized spacial score (nSPS) is 21.5. The molecule has 0 atom stereocenters. The quantitative estimate of drug-likeness (QED) is 0.884. The zero-order chi connectivity index (χ0) is 13.2. The first-order valence-electron chi connectivity index (χ1n) is 6.70. The number of amides is 1. The molecule has 0 saturated carbocycles. The van der Waals surface area contributed by atoms with E-state index in [0.29, 0.717) is 18.7 Å². The number of nitrogens with zero attached hydrogens (tertiary/aromatic N) is 1. The van der Waals surface area contributed by atoms with Crippen LogP contribution in [0.5, 0.6) is 0 Å². The number of carbonyl (C=O) groups excluding carboxylic acids is 1. The standard InChI is InChI=1S/C15H17FN2O/c16-14(11-5-3-7-17-8-11)10-18-9-12-4-1-2-6-13(12)15(18)19/h1-2,4,6,17H,3,5,7-10H2/b14-11+. The van der Waals surface area contributed by atoms with Crippen LogP contribution >= 0.6 is 0 Å². The summed E-state index contributed by atoms with van der Waals surface area (Å²) in [5.41, 5.74) is 2.52. The second kappa shape index (κ2) is 5.13. The highest BCUT2D eigenvalue weighted by Gasteiger charge is 2.28. The predicted molar refractivity (Wildman–Crippen MR) is 71.4 cm³/mol. The van der Waals surface area contributed by atoms with Crippen molar-refractivity contribution in [3.63, 3.8) is 0 Å². The van der Waals surface area contributed by atoms with Crippen LogP contribution in [0.1, 0.15) is 28.8 Å². The lowest BCUT2D eigenvalue weighted by molar-refractivity contribution is 0.0783. The van der Waals surface area contributed by atoms with Crippen molar-refractivity contribution >= 4 is 5.91 Å². The summed E-state index contributed by atoms with van der Waals surface area (Å²) in [5, 5.41) is 3.17. The lowest BCUT2D eigenvalue weighted by Gasteiger charge is -2.20. The lowest BCUT2D eigenvalue weighted by Crippen LogP contribution is -2.29. The number of nitrogens with one attached hydrogen (secondary N) is 1. The summed E-state index contributed by atoms with van der Waals surface area (Å²) in [4.78, 5) is 13.7. The molecule has 3 rings (SSSR count). The van der Waals surface area contributed by atoms with Gasteiger partial charge in [-0.3, -0.25) is 4.79 Å². The van der Waals surface area contributed by atoms with Crippen molar-refractivity contribution < 1.29 is 9.18 Å². The molecule has 1 fully saturated rings. The number of rotatable bonds is 2. The number of hydrogen-bond acceptors (Lipinski definition) is 2. The third-order valence-corrected chi connectivity index (χ3v) is 3.78. The van der Waals surface area contributed by atoms with Crippen LogP contribution in [0.25, 0.3) is 0 Å². The number of piperidine rings is 1. The molecular weight excluding hydrogens is 243 g/mol. The number of carbonyl (C=O) groups is 1. The van der Waals surface area contributed by atoms with E-state index in [1.54, 1.807) is 4.90 Å². The minimum atomic E-state index is -0.145. The maximum Gasteiger partial charge on any atom is 0.254 e. The first kappa shape index (κ1) is 12.4. The van der Waals surface area contributed by atoms with Crippen molar-refractivity contribution in [1.82, 2.24) is 10.2 Å². The highest BCUT2D eigenvalue weighted by atomic mass is 19.1. The van der Waals surface area contributed by atoms with Gasteiger partial charge in [0.15, 0.2) is 0 Å². The fraction of sp³-hybridized carbons (Fsp3) is 0.400.